The summed E-state index contributed by atoms with van der Waals surface area (Å²) in [6.45, 7) is 0. The van der Waals surface area contributed by atoms with E-state index in [0.29, 0.717) is 18.0 Å². The van der Waals surface area contributed by atoms with E-state index >= 15 is 0 Å². The Morgan fingerprint density at radius 2 is 1.75 bits per heavy atom. The fourth-order valence-electron chi connectivity index (χ4n) is 1.54. The van der Waals surface area contributed by atoms with E-state index in [9.17, 15) is 21.6 Å². The fraction of sp³-hybridized carbons (Fsp3) is 0.500. The Morgan fingerprint density at radius 3 is 2.25 bits per heavy atom. The van der Waals surface area contributed by atoms with Gasteiger partial charge in [0.25, 0.3) is 0 Å². The molecule has 0 heterocycles. The lowest BCUT2D eigenvalue weighted by Gasteiger charge is -2.09. The van der Waals surface area contributed by atoms with Crippen LogP contribution in [0.15, 0.2) is 24.3 Å². The van der Waals surface area contributed by atoms with Crippen molar-refractivity contribution >= 4 is 27.3 Å². The molecule has 0 unspecified atom stereocenters. The van der Waals surface area contributed by atoms with E-state index < -0.39 is 34.8 Å². The minimum absolute atomic E-state index is 0.329. The van der Waals surface area contributed by atoms with E-state index in [1.54, 1.807) is 24.3 Å². The molecule has 1 aromatic rings. The highest BCUT2D eigenvalue weighted by atomic mass is 35.5. The summed E-state index contributed by atoms with van der Waals surface area (Å²) in [6, 6.07) is 6.55. The number of hydrogen-bond acceptors (Lipinski definition) is 2. The van der Waals surface area contributed by atoms with Crippen molar-refractivity contribution in [1.29, 1.82) is 0 Å². The van der Waals surface area contributed by atoms with Gasteiger partial charge in [0.2, 0.25) is 10.0 Å². The molecule has 0 bridgehead atoms. The normalized spacial score (nSPS) is 12.4. The zero-order valence-corrected chi connectivity index (χ0v) is 12.2. The monoisotopic (exact) mass is 329 g/mol. The molecule has 0 atom stereocenters. The van der Waals surface area contributed by atoms with Crippen molar-refractivity contribution in [1.82, 2.24) is 0 Å². The fourth-order valence-corrected chi connectivity index (χ4v) is 2.88. The molecule has 0 saturated heterocycles. The first kappa shape index (κ1) is 17.1. The van der Waals surface area contributed by atoms with Crippen LogP contribution in [0, 0.1) is 0 Å². The molecule has 0 amide bonds. The van der Waals surface area contributed by atoms with Crippen molar-refractivity contribution < 1.29 is 21.6 Å². The highest BCUT2D eigenvalue weighted by molar-refractivity contribution is 7.92. The Labute approximate surface area is 121 Å². The summed E-state index contributed by atoms with van der Waals surface area (Å²) in [5.41, 5.74) is 1.29. The molecule has 0 spiro atoms. The standard InChI is InChI=1S/C12H15ClF3NO2S/c13-8-6-10-2-4-11(5-3-10)17-20(18,19)9-1-7-12(14,15)16/h2-5,17H,1,6-9H2. The first-order chi connectivity index (χ1) is 9.22. The number of benzene rings is 1. The van der Waals surface area contributed by atoms with Gasteiger partial charge in [0, 0.05) is 18.0 Å². The lowest BCUT2D eigenvalue weighted by molar-refractivity contribution is -0.134. The molecule has 0 aromatic heterocycles. The lowest BCUT2D eigenvalue weighted by Crippen LogP contribution is -2.18. The van der Waals surface area contributed by atoms with Crippen LogP contribution in [-0.4, -0.2) is 26.2 Å². The second kappa shape index (κ2) is 7.17. The Bertz CT molecular complexity index is 514. The van der Waals surface area contributed by atoms with Crippen LogP contribution in [0.5, 0.6) is 0 Å². The second-order valence-electron chi connectivity index (χ2n) is 4.28. The first-order valence-electron chi connectivity index (χ1n) is 5.94. The number of rotatable bonds is 7. The molecule has 0 saturated carbocycles. The maximum absolute atomic E-state index is 11.9. The molecule has 1 aromatic carbocycles. The van der Waals surface area contributed by atoms with Gasteiger partial charge < -0.3 is 0 Å². The Kier molecular flexibility index (Phi) is 6.13. The SMILES string of the molecule is O=S(=O)(CCCC(F)(F)F)Nc1ccc(CCCl)cc1. The van der Waals surface area contributed by atoms with Crippen LogP contribution in [0.1, 0.15) is 18.4 Å². The molecule has 0 fully saturated rings. The van der Waals surface area contributed by atoms with Crippen LogP contribution in [-0.2, 0) is 16.4 Å². The molecule has 0 aliphatic heterocycles. The average molecular weight is 330 g/mol. The van der Waals surface area contributed by atoms with Crippen LogP contribution in [0.3, 0.4) is 0 Å². The number of hydrogen-bond donors (Lipinski definition) is 1. The van der Waals surface area contributed by atoms with Crippen LogP contribution >= 0.6 is 11.6 Å². The van der Waals surface area contributed by atoms with Crippen molar-refractivity contribution in [2.75, 3.05) is 16.4 Å². The zero-order valence-electron chi connectivity index (χ0n) is 10.6. The van der Waals surface area contributed by atoms with Crippen LogP contribution in [0.25, 0.3) is 0 Å². The maximum atomic E-state index is 11.9. The van der Waals surface area contributed by atoms with Crippen molar-refractivity contribution in [3.05, 3.63) is 29.8 Å². The van der Waals surface area contributed by atoms with Crippen LogP contribution in [0.4, 0.5) is 18.9 Å². The zero-order chi connectivity index (χ0) is 15.2. The molecule has 3 nitrogen and oxygen atoms in total. The molecule has 0 radical (unpaired) electrons. The first-order valence-corrected chi connectivity index (χ1v) is 8.13. The molecule has 0 aliphatic rings. The smallest absolute Gasteiger partial charge is 0.284 e. The van der Waals surface area contributed by atoms with E-state index in [-0.39, 0.29) is 0 Å². The third-order valence-electron chi connectivity index (χ3n) is 2.48. The van der Waals surface area contributed by atoms with Gasteiger partial charge in [-0.1, -0.05) is 12.1 Å². The quantitative estimate of drug-likeness (QED) is 0.778. The third-order valence-corrected chi connectivity index (χ3v) is 4.05. The number of sulfonamides is 1. The van der Waals surface area contributed by atoms with Crippen molar-refractivity contribution in [2.45, 2.75) is 25.4 Å². The Morgan fingerprint density at radius 1 is 1.15 bits per heavy atom. The number of halogens is 4. The molecule has 20 heavy (non-hydrogen) atoms. The van der Waals surface area contributed by atoms with Crippen molar-refractivity contribution in [3.63, 3.8) is 0 Å². The van der Waals surface area contributed by atoms with Gasteiger partial charge in [-0.3, -0.25) is 4.72 Å². The summed E-state index contributed by atoms with van der Waals surface area (Å²) in [5, 5.41) is 0. The minimum atomic E-state index is -4.33. The average Bonchev–Trinajstić information content (AvgIpc) is 2.29. The van der Waals surface area contributed by atoms with Gasteiger partial charge in [-0.2, -0.15) is 13.2 Å². The molecular formula is C12H15ClF3NO2S. The summed E-state index contributed by atoms with van der Waals surface area (Å²) in [4.78, 5) is 0. The summed E-state index contributed by atoms with van der Waals surface area (Å²) in [5.74, 6) is -0.0988. The van der Waals surface area contributed by atoms with Gasteiger partial charge in [0.15, 0.2) is 0 Å². The summed E-state index contributed by atoms with van der Waals surface area (Å²) in [7, 11) is -3.76. The van der Waals surface area contributed by atoms with E-state index in [1.165, 1.54) is 0 Å². The number of aryl methyl sites for hydroxylation is 1. The van der Waals surface area contributed by atoms with Crippen LogP contribution in [0.2, 0.25) is 0 Å². The van der Waals surface area contributed by atoms with E-state index in [2.05, 4.69) is 4.72 Å². The highest BCUT2D eigenvalue weighted by Gasteiger charge is 2.27. The largest absolute Gasteiger partial charge is 0.389 e. The molecule has 0 aliphatic carbocycles. The van der Waals surface area contributed by atoms with Gasteiger partial charge in [0.05, 0.1) is 5.75 Å². The summed E-state index contributed by atoms with van der Waals surface area (Å²) in [6.07, 6.45) is -5.23. The van der Waals surface area contributed by atoms with E-state index in [1.807, 2.05) is 0 Å². The van der Waals surface area contributed by atoms with E-state index in [0.717, 1.165) is 5.56 Å². The van der Waals surface area contributed by atoms with E-state index in [4.69, 9.17) is 11.6 Å². The predicted molar refractivity (Wildman–Crippen MR) is 73.6 cm³/mol. The van der Waals surface area contributed by atoms with Crippen LogP contribution < -0.4 is 4.72 Å². The third kappa shape index (κ3) is 7.00. The minimum Gasteiger partial charge on any atom is -0.284 e. The molecule has 114 valence electrons. The second-order valence-corrected chi connectivity index (χ2v) is 6.50. The highest BCUT2D eigenvalue weighted by Crippen LogP contribution is 2.22. The van der Waals surface area contributed by atoms with Crippen molar-refractivity contribution in [3.8, 4) is 0 Å². The number of anilines is 1. The maximum Gasteiger partial charge on any atom is 0.389 e. The number of nitrogens with one attached hydrogen (secondary N) is 1. The molecule has 1 N–H and O–H groups in total. The topological polar surface area (TPSA) is 46.2 Å². The predicted octanol–water partition coefficient (Wildman–Crippen LogP) is 3.55. The van der Waals surface area contributed by atoms with Gasteiger partial charge >= 0.3 is 6.18 Å². The summed E-state index contributed by atoms with van der Waals surface area (Å²) < 4.78 is 61.3. The summed E-state index contributed by atoms with van der Waals surface area (Å²) >= 11 is 5.57. The molecule has 1 rings (SSSR count). The lowest BCUT2D eigenvalue weighted by atomic mass is 10.2. The van der Waals surface area contributed by atoms with Gasteiger partial charge in [-0.25, -0.2) is 8.42 Å². The Hall–Kier alpha value is -0.950. The van der Waals surface area contributed by atoms with Crippen molar-refractivity contribution in [2.24, 2.45) is 0 Å². The molecule has 8 heteroatoms. The molecular weight excluding hydrogens is 315 g/mol. The number of alkyl halides is 4. The van der Waals surface area contributed by atoms with Gasteiger partial charge in [0.1, 0.15) is 0 Å². The van der Waals surface area contributed by atoms with Gasteiger partial charge in [-0.05, 0) is 30.5 Å². The van der Waals surface area contributed by atoms with Gasteiger partial charge in [-0.15, -0.1) is 11.6 Å². The Balaban J connectivity index is 2.53.